The summed E-state index contributed by atoms with van der Waals surface area (Å²) in [6.45, 7) is 1.89. The molecule has 0 amide bonds. The first kappa shape index (κ1) is 14.7. The number of sulfonamides is 1. The zero-order valence-corrected chi connectivity index (χ0v) is 11.9. The van der Waals surface area contributed by atoms with Crippen molar-refractivity contribution in [3.8, 4) is 0 Å². The van der Waals surface area contributed by atoms with Gasteiger partial charge in [-0.1, -0.05) is 18.2 Å². The van der Waals surface area contributed by atoms with Crippen molar-refractivity contribution < 1.29 is 13.5 Å². The Balaban J connectivity index is 2.14. The molecule has 1 aromatic heterocycles. The molecule has 2 rings (SSSR count). The van der Waals surface area contributed by atoms with Crippen LogP contribution in [0.5, 0.6) is 0 Å². The highest BCUT2D eigenvalue weighted by Gasteiger charge is 2.20. The number of benzene rings is 1. The third-order valence-electron chi connectivity index (χ3n) is 2.81. The van der Waals surface area contributed by atoms with E-state index in [9.17, 15) is 13.5 Å². The second-order valence-corrected chi connectivity index (χ2v) is 6.20. The lowest BCUT2D eigenvalue weighted by atomic mass is 10.2. The van der Waals surface area contributed by atoms with E-state index in [0.717, 1.165) is 0 Å². The number of rotatable bonds is 6. The molecule has 0 saturated carbocycles. The maximum atomic E-state index is 12.3. The van der Waals surface area contributed by atoms with Gasteiger partial charge in [-0.25, -0.2) is 13.1 Å². The third-order valence-corrected chi connectivity index (χ3v) is 4.50. The van der Waals surface area contributed by atoms with E-state index in [-0.39, 0.29) is 17.5 Å². The Bertz CT molecular complexity index is 653. The average molecular weight is 295 g/mol. The highest BCUT2D eigenvalue weighted by Crippen LogP contribution is 2.15. The van der Waals surface area contributed by atoms with Crippen LogP contribution in [0.3, 0.4) is 0 Å². The molecule has 1 heterocycles. The fourth-order valence-electron chi connectivity index (χ4n) is 1.95. The lowest BCUT2D eigenvalue weighted by Crippen LogP contribution is -2.36. The Hall–Kier alpha value is -1.70. The number of hydrogen-bond acceptors (Lipinski definition) is 4. The Morgan fingerprint density at radius 1 is 1.35 bits per heavy atom. The van der Waals surface area contributed by atoms with E-state index in [2.05, 4.69) is 9.82 Å². The van der Waals surface area contributed by atoms with E-state index in [1.54, 1.807) is 48.3 Å². The minimum Gasteiger partial charge on any atom is -0.392 e. The highest BCUT2D eigenvalue weighted by atomic mass is 32.2. The molecule has 0 saturated heterocycles. The van der Waals surface area contributed by atoms with Crippen molar-refractivity contribution >= 4 is 10.0 Å². The van der Waals surface area contributed by atoms with Crippen LogP contribution in [-0.2, 0) is 23.2 Å². The maximum Gasteiger partial charge on any atom is 0.241 e. The maximum absolute atomic E-state index is 12.3. The SMILES string of the molecule is CC(Cn1cccn1)NS(=O)(=O)c1ccccc1CO. The van der Waals surface area contributed by atoms with Gasteiger partial charge in [-0.3, -0.25) is 4.68 Å². The van der Waals surface area contributed by atoms with E-state index < -0.39 is 10.0 Å². The van der Waals surface area contributed by atoms with Crippen molar-refractivity contribution in [1.82, 2.24) is 14.5 Å². The standard InChI is InChI=1S/C13H17N3O3S/c1-11(9-16-8-4-7-14-16)15-20(18,19)13-6-3-2-5-12(13)10-17/h2-8,11,15,17H,9-10H2,1H3. The van der Waals surface area contributed by atoms with Gasteiger partial charge in [-0.05, 0) is 24.6 Å². The molecule has 0 spiro atoms. The first-order valence-corrected chi connectivity index (χ1v) is 7.70. The minimum absolute atomic E-state index is 0.106. The molecule has 0 bridgehead atoms. The molecule has 0 radical (unpaired) electrons. The molecule has 1 atom stereocenters. The molecule has 0 fully saturated rings. The second-order valence-electron chi connectivity index (χ2n) is 4.52. The summed E-state index contributed by atoms with van der Waals surface area (Å²) in [7, 11) is -3.66. The van der Waals surface area contributed by atoms with Crippen molar-refractivity contribution in [2.75, 3.05) is 0 Å². The van der Waals surface area contributed by atoms with Crippen LogP contribution in [0.25, 0.3) is 0 Å². The van der Waals surface area contributed by atoms with Gasteiger partial charge in [0.1, 0.15) is 0 Å². The van der Waals surface area contributed by atoms with E-state index in [4.69, 9.17) is 0 Å². The van der Waals surface area contributed by atoms with E-state index in [1.165, 1.54) is 6.07 Å². The molecule has 7 heteroatoms. The fourth-order valence-corrected chi connectivity index (χ4v) is 3.42. The van der Waals surface area contributed by atoms with Gasteiger partial charge in [0.15, 0.2) is 0 Å². The van der Waals surface area contributed by atoms with Crippen molar-refractivity contribution in [3.05, 3.63) is 48.3 Å². The van der Waals surface area contributed by atoms with Crippen molar-refractivity contribution in [2.45, 2.75) is 31.0 Å². The third kappa shape index (κ3) is 3.44. The normalized spacial score (nSPS) is 13.3. The Morgan fingerprint density at radius 3 is 2.75 bits per heavy atom. The van der Waals surface area contributed by atoms with Crippen LogP contribution in [0.15, 0.2) is 47.6 Å². The zero-order chi connectivity index (χ0) is 14.6. The molecule has 1 aromatic carbocycles. The molecule has 108 valence electrons. The molecule has 20 heavy (non-hydrogen) atoms. The van der Waals surface area contributed by atoms with E-state index in [0.29, 0.717) is 12.1 Å². The number of aromatic nitrogens is 2. The topological polar surface area (TPSA) is 84.2 Å². The van der Waals surface area contributed by atoms with Crippen LogP contribution in [0.2, 0.25) is 0 Å². The average Bonchev–Trinajstić information content (AvgIpc) is 2.90. The van der Waals surface area contributed by atoms with E-state index in [1.807, 2.05) is 0 Å². The second kappa shape index (κ2) is 6.17. The monoisotopic (exact) mass is 295 g/mol. The van der Waals surface area contributed by atoms with Gasteiger partial charge < -0.3 is 5.11 Å². The van der Waals surface area contributed by atoms with Gasteiger partial charge in [-0.2, -0.15) is 5.10 Å². The fraction of sp³-hybridized carbons (Fsp3) is 0.308. The van der Waals surface area contributed by atoms with Crippen molar-refractivity contribution in [2.24, 2.45) is 0 Å². The summed E-state index contributed by atoms with van der Waals surface area (Å²) in [6, 6.07) is 7.86. The van der Waals surface area contributed by atoms with Crippen LogP contribution in [0.1, 0.15) is 12.5 Å². The Labute approximate surface area is 118 Å². The highest BCUT2D eigenvalue weighted by molar-refractivity contribution is 7.89. The molecule has 0 aliphatic carbocycles. The van der Waals surface area contributed by atoms with Crippen molar-refractivity contribution in [3.63, 3.8) is 0 Å². The van der Waals surface area contributed by atoms with Crippen molar-refractivity contribution in [1.29, 1.82) is 0 Å². The van der Waals surface area contributed by atoms with Crippen LogP contribution >= 0.6 is 0 Å². The summed E-state index contributed by atoms with van der Waals surface area (Å²) in [4.78, 5) is 0.106. The van der Waals surface area contributed by atoms with Gasteiger partial charge in [0.25, 0.3) is 0 Å². The summed E-state index contributed by atoms with van der Waals surface area (Å²) in [5.41, 5.74) is 0.381. The molecule has 6 nitrogen and oxygen atoms in total. The molecular formula is C13H17N3O3S. The summed E-state index contributed by atoms with van der Waals surface area (Å²) < 4.78 is 28.8. The van der Waals surface area contributed by atoms with Gasteiger partial charge in [-0.15, -0.1) is 0 Å². The molecule has 1 unspecified atom stereocenters. The van der Waals surface area contributed by atoms with Gasteiger partial charge in [0.05, 0.1) is 18.0 Å². The molecule has 0 aliphatic heterocycles. The van der Waals surface area contributed by atoms with Gasteiger partial charge in [0, 0.05) is 18.4 Å². The lowest BCUT2D eigenvalue weighted by Gasteiger charge is -2.15. The molecular weight excluding hydrogens is 278 g/mol. The van der Waals surface area contributed by atoms with Crippen LogP contribution in [0, 0.1) is 0 Å². The number of nitrogens with zero attached hydrogens (tertiary/aromatic N) is 2. The van der Waals surface area contributed by atoms with Gasteiger partial charge >= 0.3 is 0 Å². The largest absolute Gasteiger partial charge is 0.392 e. The lowest BCUT2D eigenvalue weighted by molar-refractivity contribution is 0.278. The zero-order valence-electron chi connectivity index (χ0n) is 11.1. The summed E-state index contributed by atoms with van der Waals surface area (Å²) >= 11 is 0. The first-order chi connectivity index (χ1) is 9.53. The smallest absolute Gasteiger partial charge is 0.241 e. The predicted molar refractivity (Wildman–Crippen MR) is 74.4 cm³/mol. The van der Waals surface area contributed by atoms with Crippen LogP contribution < -0.4 is 4.72 Å². The van der Waals surface area contributed by atoms with Crippen LogP contribution in [0.4, 0.5) is 0 Å². The number of aliphatic hydroxyl groups excluding tert-OH is 1. The van der Waals surface area contributed by atoms with Gasteiger partial charge in [0.2, 0.25) is 10.0 Å². The number of hydrogen-bond donors (Lipinski definition) is 2. The summed E-state index contributed by atoms with van der Waals surface area (Å²) in [5, 5.41) is 13.3. The minimum atomic E-state index is -3.66. The Morgan fingerprint density at radius 2 is 2.10 bits per heavy atom. The molecule has 2 aromatic rings. The van der Waals surface area contributed by atoms with E-state index >= 15 is 0 Å². The Kier molecular flexibility index (Phi) is 4.53. The first-order valence-electron chi connectivity index (χ1n) is 6.21. The number of nitrogens with one attached hydrogen (secondary N) is 1. The quantitative estimate of drug-likeness (QED) is 0.823. The molecule has 0 aliphatic rings. The predicted octanol–water partition coefficient (Wildman–Crippen LogP) is 0.742. The number of aliphatic hydroxyl groups is 1. The van der Waals surface area contributed by atoms with Crippen LogP contribution in [-0.4, -0.2) is 29.3 Å². The summed E-state index contributed by atoms with van der Waals surface area (Å²) in [5.74, 6) is 0. The summed E-state index contributed by atoms with van der Waals surface area (Å²) in [6.07, 6.45) is 3.41. The molecule has 2 N–H and O–H groups in total.